The van der Waals surface area contributed by atoms with Gasteiger partial charge in [-0.1, -0.05) is 6.07 Å². The molecule has 1 rings (SSSR count). The van der Waals surface area contributed by atoms with Gasteiger partial charge in [0.1, 0.15) is 5.97 Å². The third kappa shape index (κ3) is 3.57. The summed E-state index contributed by atoms with van der Waals surface area (Å²) < 4.78 is 1.54. The molecule has 0 fully saturated rings. The van der Waals surface area contributed by atoms with Gasteiger partial charge in [0.25, 0.3) is 0 Å². The van der Waals surface area contributed by atoms with Crippen LogP contribution in [0.15, 0.2) is 30.6 Å². The van der Waals surface area contributed by atoms with E-state index in [4.69, 9.17) is 0 Å². The first kappa shape index (κ1) is 9.91. The Morgan fingerprint density at radius 3 is 2.27 bits per heavy atom. The van der Waals surface area contributed by atoms with E-state index < -0.39 is 5.97 Å². The van der Waals surface area contributed by atoms with Gasteiger partial charge in [0.15, 0.2) is 18.9 Å². The quantitative estimate of drug-likeness (QED) is 0.547. The normalized spacial score (nSPS) is 8.36. The van der Waals surface area contributed by atoms with Crippen molar-refractivity contribution in [1.29, 1.82) is 0 Å². The molecular formula is C7H8ClNO2. The SMILES string of the molecule is Cl.O=C([O-])C[n+]1ccccc1. The smallest absolute Gasteiger partial charge is 0.187 e. The van der Waals surface area contributed by atoms with Crippen LogP contribution in [-0.4, -0.2) is 5.97 Å². The second-order valence-corrected chi connectivity index (χ2v) is 1.92. The average Bonchev–Trinajstić information content (AvgIpc) is 1.88. The van der Waals surface area contributed by atoms with Crippen molar-refractivity contribution in [3.05, 3.63) is 30.6 Å². The minimum Gasteiger partial charge on any atom is -0.544 e. The van der Waals surface area contributed by atoms with Crippen LogP contribution in [-0.2, 0) is 11.3 Å². The fraction of sp³-hybridized carbons (Fsp3) is 0.143. The molecule has 0 radical (unpaired) electrons. The van der Waals surface area contributed by atoms with Crippen LogP contribution in [0.2, 0.25) is 0 Å². The van der Waals surface area contributed by atoms with Gasteiger partial charge in [0, 0.05) is 12.1 Å². The van der Waals surface area contributed by atoms with Crippen molar-refractivity contribution in [3.63, 3.8) is 0 Å². The molecule has 0 spiro atoms. The number of rotatable bonds is 2. The van der Waals surface area contributed by atoms with Crippen molar-refractivity contribution in [2.75, 3.05) is 0 Å². The van der Waals surface area contributed by atoms with Crippen LogP contribution < -0.4 is 9.67 Å². The van der Waals surface area contributed by atoms with E-state index in [0.29, 0.717) is 0 Å². The highest BCUT2D eigenvalue weighted by Crippen LogP contribution is 1.75. The molecule has 60 valence electrons. The van der Waals surface area contributed by atoms with Gasteiger partial charge < -0.3 is 9.90 Å². The second-order valence-electron chi connectivity index (χ2n) is 1.92. The predicted molar refractivity (Wildman–Crippen MR) is 38.9 cm³/mol. The largest absolute Gasteiger partial charge is 0.544 e. The fourth-order valence-corrected chi connectivity index (χ4v) is 0.689. The summed E-state index contributed by atoms with van der Waals surface area (Å²) in [7, 11) is 0. The molecule has 1 aromatic heterocycles. The van der Waals surface area contributed by atoms with Crippen molar-refractivity contribution >= 4 is 18.4 Å². The zero-order valence-electron chi connectivity index (χ0n) is 5.77. The Bertz CT molecular complexity index is 225. The number of carboxylic acids is 1. The molecule has 1 heterocycles. The van der Waals surface area contributed by atoms with E-state index >= 15 is 0 Å². The molecule has 0 bridgehead atoms. The Kier molecular flexibility index (Phi) is 4.22. The number of carboxylic acid groups (broad SMARTS) is 1. The molecule has 11 heavy (non-hydrogen) atoms. The number of halogens is 1. The number of aromatic nitrogens is 1. The lowest BCUT2D eigenvalue weighted by Crippen LogP contribution is -2.43. The summed E-state index contributed by atoms with van der Waals surface area (Å²) in [6.45, 7) is -0.0825. The third-order valence-corrected chi connectivity index (χ3v) is 1.09. The Labute approximate surface area is 70.7 Å². The number of hydrogen-bond acceptors (Lipinski definition) is 2. The first-order chi connectivity index (χ1) is 4.79. The molecule has 0 aromatic carbocycles. The molecule has 0 saturated carbocycles. The van der Waals surface area contributed by atoms with Gasteiger partial charge in [-0.25, -0.2) is 0 Å². The van der Waals surface area contributed by atoms with Crippen molar-refractivity contribution < 1.29 is 14.5 Å². The lowest BCUT2D eigenvalue weighted by atomic mass is 10.5. The monoisotopic (exact) mass is 173 g/mol. The maximum atomic E-state index is 10.0. The highest BCUT2D eigenvalue weighted by atomic mass is 35.5. The summed E-state index contributed by atoms with van der Waals surface area (Å²) in [5.74, 6) is -1.07. The van der Waals surface area contributed by atoms with E-state index in [9.17, 15) is 9.90 Å². The van der Waals surface area contributed by atoms with Gasteiger partial charge in [-0.05, 0) is 0 Å². The molecule has 0 aliphatic carbocycles. The standard InChI is InChI=1S/C7H7NO2.ClH/c9-7(10)6-8-4-2-1-3-5-8;/h1-5H,6H2;1H. The fourth-order valence-electron chi connectivity index (χ4n) is 0.689. The molecule has 1 aromatic rings. The van der Waals surface area contributed by atoms with E-state index in [1.165, 1.54) is 4.57 Å². The zero-order chi connectivity index (χ0) is 7.40. The molecule has 3 nitrogen and oxygen atoms in total. The van der Waals surface area contributed by atoms with E-state index in [0.717, 1.165) is 0 Å². The highest BCUT2D eigenvalue weighted by molar-refractivity contribution is 5.85. The van der Waals surface area contributed by atoms with Gasteiger partial charge in [-0.2, -0.15) is 4.57 Å². The number of nitrogens with zero attached hydrogens (tertiary/aromatic N) is 1. The van der Waals surface area contributed by atoms with Crippen LogP contribution in [0.4, 0.5) is 0 Å². The Morgan fingerprint density at radius 2 is 1.82 bits per heavy atom. The number of pyridine rings is 1. The first-order valence-corrected chi connectivity index (χ1v) is 2.93. The summed E-state index contributed by atoms with van der Waals surface area (Å²) in [4.78, 5) is 10.0. The van der Waals surface area contributed by atoms with Crippen LogP contribution in [0.3, 0.4) is 0 Å². The lowest BCUT2D eigenvalue weighted by molar-refractivity contribution is -0.690. The van der Waals surface area contributed by atoms with Gasteiger partial charge in [-0.3, -0.25) is 0 Å². The van der Waals surface area contributed by atoms with Crippen molar-refractivity contribution in [1.82, 2.24) is 0 Å². The van der Waals surface area contributed by atoms with Gasteiger partial charge in [-0.15, -0.1) is 12.4 Å². The number of carbonyl (C=O) groups is 1. The molecule has 0 amide bonds. The van der Waals surface area contributed by atoms with E-state index in [1.807, 2.05) is 6.07 Å². The van der Waals surface area contributed by atoms with Crippen LogP contribution >= 0.6 is 12.4 Å². The topological polar surface area (TPSA) is 44.0 Å². The summed E-state index contributed by atoms with van der Waals surface area (Å²) in [6, 6.07) is 5.36. The maximum Gasteiger partial charge on any atom is 0.187 e. The van der Waals surface area contributed by atoms with E-state index in [1.54, 1.807) is 24.5 Å². The molecular weight excluding hydrogens is 166 g/mol. The molecule has 0 unspecified atom stereocenters. The van der Waals surface area contributed by atoms with Gasteiger partial charge >= 0.3 is 0 Å². The number of hydrogen-bond donors (Lipinski definition) is 0. The van der Waals surface area contributed by atoms with Gasteiger partial charge in [0.2, 0.25) is 0 Å². The summed E-state index contributed by atoms with van der Waals surface area (Å²) in [5, 5.41) is 10.0. The van der Waals surface area contributed by atoms with Crippen molar-refractivity contribution in [2.24, 2.45) is 0 Å². The average molecular weight is 174 g/mol. The number of carbonyl (C=O) groups excluding carboxylic acids is 1. The second kappa shape index (κ2) is 4.68. The zero-order valence-corrected chi connectivity index (χ0v) is 6.58. The van der Waals surface area contributed by atoms with Gasteiger partial charge in [0.05, 0.1) is 0 Å². The molecule has 4 heteroatoms. The molecule has 0 aliphatic rings. The van der Waals surface area contributed by atoms with Crippen LogP contribution in [0.5, 0.6) is 0 Å². The number of aliphatic carboxylic acids is 1. The lowest BCUT2D eigenvalue weighted by Gasteiger charge is -1.94. The Hall–Kier alpha value is -1.09. The summed E-state index contributed by atoms with van der Waals surface area (Å²) >= 11 is 0. The van der Waals surface area contributed by atoms with E-state index in [2.05, 4.69) is 0 Å². The first-order valence-electron chi connectivity index (χ1n) is 2.93. The molecule has 0 aliphatic heterocycles. The van der Waals surface area contributed by atoms with E-state index in [-0.39, 0.29) is 19.0 Å². The molecule has 0 atom stereocenters. The minimum absolute atomic E-state index is 0. The third-order valence-electron chi connectivity index (χ3n) is 1.09. The summed E-state index contributed by atoms with van der Waals surface area (Å²) in [6.07, 6.45) is 3.35. The highest BCUT2D eigenvalue weighted by Gasteiger charge is 1.94. The Balaban J connectivity index is 0.000001000. The molecule has 0 N–H and O–H groups in total. The van der Waals surface area contributed by atoms with Crippen molar-refractivity contribution in [2.45, 2.75) is 6.54 Å². The maximum absolute atomic E-state index is 10.0. The van der Waals surface area contributed by atoms with Crippen LogP contribution in [0.1, 0.15) is 0 Å². The van der Waals surface area contributed by atoms with Crippen LogP contribution in [0.25, 0.3) is 0 Å². The predicted octanol–water partition coefficient (Wildman–Crippen LogP) is -0.854. The Morgan fingerprint density at radius 1 is 1.27 bits per heavy atom. The van der Waals surface area contributed by atoms with Crippen molar-refractivity contribution in [3.8, 4) is 0 Å². The molecule has 0 saturated heterocycles. The minimum atomic E-state index is -1.07. The summed E-state index contributed by atoms with van der Waals surface area (Å²) in [5.41, 5.74) is 0. The van der Waals surface area contributed by atoms with Crippen LogP contribution in [0, 0.1) is 0 Å².